The SMILES string of the molecule is COc1ccc(-c2ncc(F)c(N3CCC[C@@H]3C(=O)NCC(F)(F)F)n2)cn1. The first-order valence-corrected chi connectivity index (χ1v) is 8.42. The molecule has 1 aliphatic rings. The van der Waals surface area contributed by atoms with Crippen LogP contribution in [0.3, 0.4) is 0 Å². The van der Waals surface area contributed by atoms with Crippen molar-refractivity contribution in [1.29, 1.82) is 0 Å². The van der Waals surface area contributed by atoms with Gasteiger partial charge in [0.05, 0.1) is 13.3 Å². The first-order chi connectivity index (χ1) is 13.3. The van der Waals surface area contributed by atoms with Crippen LogP contribution in [0.2, 0.25) is 0 Å². The first-order valence-electron chi connectivity index (χ1n) is 8.42. The topological polar surface area (TPSA) is 80.2 Å². The zero-order valence-corrected chi connectivity index (χ0v) is 14.8. The predicted octanol–water partition coefficient (Wildman–Crippen LogP) is 2.33. The Hall–Kier alpha value is -2.98. The molecular weight excluding hydrogens is 382 g/mol. The largest absolute Gasteiger partial charge is 0.481 e. The van der Waals surface area contributed by atoms with E-state index in [9.17, 15) is 22.4 Å². The van der Waals surface area contributed by atoms with Gasteiger partial charge < -0.3 is 15.0 Å². The van der Waals surface area contributed by atoms with Crippen LogP contribution in [-0.4, -0.2) is 53.3 Å². The lowest BCUT2D eigenvalue weighted by molar-refractivity contribution is -0.139. The number of halogens is 4. The van der Waals surface area contributed by atoms with Crippen molar-refractivity contribution in [3.63, 3.8) is 0 Å². The van der Waals surface area contributed by atoms with Crippen LogP contribution in [0.25, 0.3) is 11.4 Å². The molecule has 0 spiro atoms. The number of carbonyl (C=O) groups is 1. The number of nitrogens with zero attached hydrogens (tertiary/aromatic N) is 4. The molecule has 0 radical (unpaired) electrons. The zero-order chi connectivity index (χ0) is 20.3. The van der Waals surface area contributed by atoms with Crippen LogP contribution in [0, 0.1) is 5.82 Å². The highest BCUT2D eigenvalue weighted by Gasteiger charge is 2.36. The van der Waals surface area contributed by atoms with Gasteiger partial charge in [0.25, 0.3) is 0 Å². The van der Waals surface area contributed by atoms with Gasteiger partial charge in [-0.15, -0.1) is 0 Å². The summed E-state index contributed by atoms with van der Waals surface area (Å²) in [7, 11) is 1.46. The van der Waals surface area contributed by atoms with Gasteiger partial charge in [-0.1, -0.05) is 0 Å². The molecule has 1 saturated heterocycles. The lowest BCUT2D eigenvalue weighted by Gasteiger charge is -2.25. The molecule has 1 amide bonds. The summed E-state index contributed by atoms with van der Waals surface area (Å²) in [4.78, 5) is 25.7. The Bertz CT molecular complexity index is 844. The molecule has 0 bridgehead atoms. The van der Waals surface area contributed by atoms with Crippen molar-refractivity contribution in [2.24, 2.45) is 0 Å². The smallest absolute Gasteiger partial charge is 0.405 e. The van der Waals surface area contributed by atoms with E-state index in [0.717, 1.165) is 6.20 Å². The van der Waals surface area contributed by atoms with Gasteiger partial charge in [0, 0.05) is 24.4 Å². The Kier molecular flexibility index (Phi) is 5.61. The highest BCUT2D eigenvalue weighted by molar-refractivity contribution is 5.85. The summed E-state index contributed by atoms with van der Waals surface area (Å²) in [6.07, 6.45) is -1.29. The molecule has 0 aromatic carbocycles. The minimum absolute atomic E-state index is 0.134. The summed E-state index contributed by atoms with van der Waals surface area (Å²) in [5.74, 6) is -1.16. The molecule has 11 heteroatoms. The molecule has 0 unspecified atom stereocenters. The predicted molar refractivity (Wildman–Crippen MR) is 91.2 cm³/mol. The second-order valence-electron chi connectivity index (χ2n) is 6.14. The van der Waals surface area contributed by atoms with E-state index < -0.39 is 30.5 Å². The maximum atomic E-state index is 14.4. The van der Waals surface area contributed by atoms with Crippen LogP contribution < -0.4 is 15.0 Å². The van der Waals surface area contributed by atoms with Crippen LogP contribution in [0.1, 0.15) is 12.8 Å². The van der Waals surface area contributed by atoms with Gasteiger partial charge in [-0.3, -0.25) is 4.79 Å². The molecule has 1 atom stereocenters. The first kappa shape index (κ1) is 19.8. The number of hydrogen-bond acceptors (Lipinski definition) is 6. The van der Waals surface area contributed by atoms with Crippen LogP contribution in [0.4, 0.5) is 23.4 Å². The molecule has 1 N–H and O–H groups in total. The van der Waals surface area contributed by atoms with E-state index in [4.69, 9.17) is 4.74 Å². The average Bonchev–Trinajstić information content (AvgIpc) is 3.15. The van der Waals surface area contributed by atoms with E-state index >= 15 is 0 Å². The number of amides is 1. The van der Waals surface area contributed by atoms with Crippen LogP contribution in [0.15, 0.2) is 24.5 Å². The number of methoxy groups -OCH3 is 1. The molecular formula is C17H17F4N5O2. The number of carbonyl (C=O) groups excluding carboxylic acids is 1. The second-order valence-corrected chi connectivity index (χ2v) is 6.14. The Morgan fingerprint density at radius 2 is 2.11 bits per heavy atom. The van der Waals surface area contributed by atoms with Gasteiger partial charge in [0.1, 0.15) is 12.6 Å². The van der Waals surface area contributed by atoms with Crippen molar-refractivity contribution < 1.29 is 27.1 Å². The summed E-state index contributed by atoms with van der Waals surface area (Å²) in [5.41, 5.74) is 0.499. The van der Waals surface area contributed by atoms with Gasteiger partial charge in [0.2, 0.25) is 11.8 Å². The molecule has 2 aromatic heterocycles. The van der Waals surface area contributed by atoms with Crippen molar-refractivity contribution in [1.82, 2.24) is 20.3 Å². The Morgan fingerprint density at radius 3 is 2.75 bits per heavy atom. The third kappa shape index (κ3) is 4.46. The summed E-state index contributed by atoms with van der Waals surface area (Å²) >= 11 is 0. The van der Waals surface area contributed by atoms with Gasteiger partial charge in [-0.05, 0) is 18.9 Å². The summed E-state index contributed by atoms with van der Waals surface area (Å²) in [6.45, 7) is -1.15. The number of rotatable bonds is 5. The van der Waals surface area contributed by atoms with Crippen molar-refractivity contribution in [2.45, 2.75) is 25.1 Å². The maximum absolute atomic E-state index is 14.4. The van der Waals surface area contributed by atoms with Gasteiger partial charge in [0.15, 0.2) is 17.5 Å². The highest BCUT2D eigenvalue weighted by atomic mass is 19.4. The molecule has 0 saturated carbocycles. The molecule has 7 nitrogen and oxygen atoms in total. The van der Waals surface area contributed by atoms with E-state index in [1.165, 1.54) is 18.2 Å². The number of hydrogen-bond donors (Lipinski definition) is 1. The Balaban J connectivity index is 1.84. The summed E-state index contributed by atoms with van der Waals surface area (Å²) in [6, 6.07) is 2.29. The minimum atomic E-state index is -4.52. The number of alkyl halides is 3. The fraction of sp³-hybridized carbons (Fsp3) is 0.412. The lowest BCUT2D eigenvalue weighted by Crippen LogP contribution is -2.46. The van der Waals surface area contributed by atoms with Crippen LogP contribution in [-0.2, 0) is 4.79 Å². The summed E-state index contributed by atoms with van der Waals surface area (Å²) in [5, 5.41) is 1.85. The zero-order valence-electron chi connectivity index (χ0n) is 14.8. The Labute approximate surface area is 157 Å². The number of aromatic nitrogens is 3. The standard InChI is InChI=1S/C17H17F4N5O2/c1-28-13-5-4-10(7-22-13)14-23-8-11(18)15(25-14)26-6-2-3-12(26)16(27)24-9-17(19,20)21/h4-5,7-8,12H,2-3,6,9H2,1H3,(H,24,27)/t12-/m1/s1. The molecule has 0 aliphatic carbocycles. The highest BCUT2D eigenvalue weighted by Crippen LogP contribution is 2.28. The number of pyridine rings is 1. The van der Waals surface area contributed by atoms with E-state index in [0.29, 0.717) is 30.8 Å². The normalized spacial score (nSPS) is 16.9. The monoisotopic (exact) mass is 399 g/mol. The number of ether oxygens (including phenoxy) is 1. The number of anilines is 1. The van der Waals surface area contributed by atoms with Gasteiger partial charge in [-0.2, -0.15) is 13.2 Å². The molecule has 1 aliphatic heterocycles. The fourth-order valence-corrected chi connectivity index (χ4v) is 2.93. The van der Waals surface area contributed by atoms with Crippen LogP contribution in [0.5, 0.6) is 5.88 Å². The molecule has 3 heterocycles. The van der Waals surface area contributed by atoms with Crippen molar-refractivity contribution >= 4 is 11.7 Å². The fourth-order valence-electron chi connectivity index (χ4n) is 2.93. The number of nitrogens with one attached hydrogen (secondary N) is 1. The van der Waals surface area contributed by atoms with E-state index in [1.54, 1.807) is 12.1 Å². The van der Waals surface area contributed by atoms with Crippen LogP contribution >= 0.6 is 0 Å². The van der Waals surface area contributed by atoms with Crippen molar-refractivity contribution in [3.05, 3.63) is 30.3 Å². The molecule has 150 valence electrons. The Morgan fingerprint density at radius 1 is 1.32 bits per heavy atom. The lowest BCUT2D eigenvalue weighted by atomic mass is 10.2. The second kappa shape index (κ2) is 7.95. The molecule has 2 aromatic rings. The van der Waals surface area contributed by atoms with Gasteiger partial charge in [-0.25, -0.2) is 19.3 Å². The molecule has 28 heavy (non-hydrogen) atoms. The van der Waals surface area contributed by atoms with Crippen molar-refractivity contribution in [3.8, 4) is 17.3 Å². The van der Waals surface area contributed by atoms with Crippen molar-refractivity contribution in [2.75, 3.05) is 25.1 Å². The third-order valence-electron chi connectivity index (χ3n) is 4.22. The van der Waals surface area contributed by atoms with E-state index in [-0.39, 0.29) is 11.6 Å². The van der Waals surface area contributed by atoms with Gasteiger partial charge >= 0.3 is 6.18 Å². The third-order valence-corrected chi connectivity index (χ3v) is 4.22. The minimum Gasteiger partial charge on any atom is -0.481 e. The quantitative estimate of drug-likeness (QED) is 0.778. The van der Waals surface area contributed by atoms with E-state index in [1.807, 2.05) is 5.32 Å². The molecule has 3 rings (SSSR count). The summed E-state index contributed by atoms with van der Waals surface area (Å²) < 4.78 is 56.4. The average molecular weight is 399 g/mol. The van der Waals surface area contributed by atoms with E-state index in [2.05, 4.69) is 15.0 Å². The maximum Gasteiger partial charge on any atom is 0.405 e. The molecule has 1 fully saturated rings.